The standard InChI is InChI=1S/C18H23NO/c20-18(12-14-6-3-1-2-4-7-14)16-10-9-15-8-5-11-19-17(15)13-16/h5,8-11,13-14,18,20H,1-4,6-7,12H2. The van der Waals surface area contributed by atoms with Crippen molar-refractivity contribution in [3.05, 3.63) is 42.1 Å². The van der Waals surface area contributed by atoms with Crippen molar-refractivity contribution in [1.29, 1.82) is 0 Å². The Morgan fingerprint density at radius 2 is 1.90 bits per heavy atom. The van der Waals surface area contributed by atoms with Crippen molar-refractivity contribution in [2.24, 2.45) is 5.92 Å². The molecule has 0 aliphatic heterocycles. The van der Waals surface area contributed by atoms with Crippen molar-refractivity contribution in [3.63, 3.8) is 0 Å². The van der Waals surface area contributed by atoms with Crippen LogP contribution in [0.1, 0.15) is 56.6 Å². The van der Waals surface area contributed by atoms with Gasteiger partial charge in [-0.3, -0.25) is 4.98 Å². The molecule has 1 heterocycles. The fraction of sp³-hybridized carbons (Fsp3) is 0.500. The van der Waals surface area contributed by atoms with Crippen molar-refractivity contribution in [3.8, 4) is 0 Å². The lowest BCUT2D eigenvalue weighted by molar-refractivity contribution is 0.139. The fourth-order valence-corrected chi connectivity index (χ4v) is 3.34. The van der Waals surface area contributed by atoms with Gasteiger partial charge in [-0.15, -0.1) is 0 Å². The van der Waals surface area contributed by atoms with Crippen LogP contribution >= 0.6 is 0 Å². The molecule has 1 aliphatic rings. The third kappa shape index (κ3) is 3.18. The second-order valence-corrected chi connectivity index (χ2v) is 6.06. The number of hydrogen-bond acceptors (Lipinski definition) is 2. The zero-order valence-corrected chi connectivity index (χ0v) is 12.0. The summed E-state index contributed by atoms with van der Waals surface area (Å²) in [6.45, 7) is 0. The molecule has 20 heavy (non-hydrogen) atoms. The lowest BCUT2D eigenvalue weighted by atomic mass is 9.91. The molecule has 106 valence electrons. The van der Waals surface area contributed by atoms with Gasteiger partial charge in [0.05, 0.1) is 11.6 Å². The molecule has 0 amide bonds. The second-order valence-electron chi connectivity index (χ2n) is 6.06. The summed E-state index contributed by atoms with van der Waals surface area (Å²) in [7, 11) is 0. The molecule has 1 aromatic carbocycles. The molecular formula is C18H23NO. The largest absolute Gasteiger partial charge is 0.388 e. The Bertz CT molecular complexity index is 558. The Morgan fingerprint density at radius 1 is 1.10 bits per heavy atom. The number of fused-ring (bicyclic) bond motifs is 1. The first-order valence-electron chi connectivity index (χ1n) is 7.86. The minimum atomic E-state index is -0.343. The summed E-state index contributed by atoms with van der Waals surface area (Å²) in [4.78, 5) is 4.37. The summed E-state index contributed by atoms with van der Waals surface area (Å²) in [6.07, 6.45) is 10.3. The molecule has 1 N–H and O–H groups in total. The number of nitrogens with zero attached hydrogens (tertiary/aromatic N) is 1. The van der Waals surface area contributed by atoms with Gasteiger partial charge in [-0.25, -0.2) is 0 Å². The van der Waals surface area contributed by atoms with E-state index in [1.807, 2.05) is 24.4 Å². The van der Waals surface area contributed by atoms with Gasteiger partial charge in [-0.05, 0) is 30.0 Å². The first-order chi connectivity index (χ1) is 9.83. The molecule has 2 nitrogen and oxygen atoms in total. The van der Waals surface area contributed by atoms with Crippen LogP contribution in [0.2, 0.25) is 0 Å². The molecule has 0 spiro atoms. The SMILES string of the molecule is OC(CC1CCCCCC1)c1ccc2cccnc2c1. The van der Waals surface area contributed by atoms with Gasteiger partial charge < -0.3 is 5.11 Å². The van der Waals surface area contributed by atoms with Gasteiger partial charge in [0.25, 0.3) is 0 Å². The predicted octanol–water partition coefficient (Wildman–Crippen LogP) is 4.63. The molecule has 2 heteroatoms. The number of aliphatic hydroxyl groups is 1. The molecule has 1 unspecified atom stereocenters. The van der Waals surface area contributed by atoms with Gasteiger partial charge in [0.15, 0.2) is 0 Å². The molecule has 1 fully saturated rings. The molecule has 1 aromatic heterocycles. The second kappa shape index (κ2) is 6.36. The lowest BCUT2D eigenvalue weighted by Gasteiger charge is -2.19. The third-order valence-corrected chi connectivity index (χ3v) is 4.55. The zero-order chi connectivity index (χ0) is 13.8. The number of aliphatic hydroxyl groups excluding tert-OH is 1. The number of pyridine rings is 1. The minimum absolute atomic E-state index is 0.343. The van der Waals surface area contributed by atoms with Crippen LogP contribution in [-0.4, -0.2) is 10.1 Å². The van der Waals surface area contributed by atoms with Crippen molar-refractivity contribution >= 4 is 10.9 Å². The van der Waals surface area contributed by atoms with Crippen LogP contribution in [0.5, 0.6) is 0 Å². The van der Waals surface area contributed by atoms with Crippen LogP contribution in [-0.2, 0) is 0 Å². The summed E-state index contributed by atoms with van der Waals surface area (Å²) < 4.78 is 0. The first kappa shape index (κ1) is 13.6. The summed E-state index contributed by atoms with van der Waals surface area (Å²) in [5, 5.41) is 11.6. The number of benzene rings is 1. The van der Waals surface area contributed by atoms with Crippen molar-refractivity contribution < 1.29 is 5.11 Å². The Kier molecular flexibility index (Phi) is 4.31. The van der Waals surface area contributed by atoms with Gasteiger partial charge in [-0.1, -0.05) is 56.7 Å². The fourth-order valence-electron chi connectivity index (χ4n) is 3.34. The van der Waals surface area contributed by atoms with E-state index < -0.39 is 0 Å². The lowest BCUT2D eigenvalue weighted by Crippen LogP contribution is -2.07. The van der Waals surface area contributed by atoms with Crippen LogP contribution < -0.4 is 0 Å². The molecule has 2 aromatic rings. The molecule has 3 rings (SSSR count). The Morgan fingerprint density at radius 3 is 2.70 bits per heavy atom. The minimum Gasteiger partial charge on any atom is -0.388 e. The summed E-state index contributed by atoms with van der Waals surface area (Å²) >= 11 is 0. The van der Waals surface area contributed by atoms with E-state index in [2.05, 4.69) is 17.1 Å². The van der Waals surface area contributed by atoms with Crippen LogP contribution in [0.25, 0.3) is 10.9 Å². The highest BCUT2D eigenvalue weighted by Crippen LogP contribution is 2.31. The average Bonchev–Trinajstić information content (AvgIpc) is 2.75. The maximum atomic E-state index is 10.5. The van der Waals surface area contributed by atoms with E-state index in [1.165, 1.54) is 38.5 Å². The van der Waals surface area contributed by atoms with Gasteiger partial charge in [-0.2, -0.15) is 0 Å². The molecule has 0 bridgehead atoms. The first-order valence-corrected chi connectivity index (χ1v) is 7.86. The molecule has 1 aliphatic carbocycles. The van der Waals surface area contributed by atoms with E-state index in [-0.39, 0.29) is 6.10 Å². The Hall–Kier alpha value is -1.41. The highest BCUT2D eigenvalue weighted by Gasteiger charge is 2.18. The quantitative estimate of drug-likeness (QED) is 0.824. The molecule has 1 saturated carbocycles. The molecular weight excluding hydrogens is 246 g/mol. The molecule has 0 saturated heterocycles. The number of rotatable bonds is 3. The van der Waals surface area contributed by atoms with Crippen molar-refractivity contribution in [2.45, 2.75) is 51.0 Å². The van der Waals surface area contributed by atoms with Crippen LogP contribution in [0.4, 0.5) is 0 Å². The monoisotopic (exact) mass is 269 g/mol. The van der Waals surface area contributed by atoms with Gasteiger partial charge in [0.1, 0.15) is 0 Å². The Labute approximate surface area is 120 Å². The van der Waals surface area contributed by atoms with Gasteiger partial charge in [0.2, 0.25) is 0 Å². The molecule has 1 atom stereocenters. The summed E-state index contributed by atoms with van der Waals surface area (Å²) in [5.74, 6) is 0.687. The van der Waals surface area contributed by atoms with Crippen LogP contribution in [0.15, 0.2) is 36.5 Å². The normalized spacial score (nSPS) is 18.9. The average molecular weight is 269 g/mol. The van der Waals surface area contributed by atoms with Crippen LogP contribution in [0.3, 0.4) is 0 Å². The zero-order valence-electron chi connectivity index (χ0n) is 12.0. The van der Waals surface area contributed by atoms with Gasteiger partial charge in [0, 0.05) is 11.6 Å². The summed E-state index contributed by atoms with van der Waals surface area (Å²) in [6, 6.07) is 10.2. The maximum Gasteiger partial charge on any atom is 0.0793 e. The topological polar surface area (TPSA) is 33.1 Å². The van der Waals surface area contributed by atoms with E-state index in [9.17, 15) is 5.11 Å². The predicted molar refractivity (Wildman–Crippen MR) is 82.5 cm³/mol. The smallest absolute Gasteiger partial charge is 0.0793 e. The summed E-state index contributed by atoms with van der Waals surface area (Å²) in [5.41, 5.74) is 1.99. The van der Waals surface area contributed by atoms with E-state index in [4.69, 9.17) is 0 Å². The Balaban J connectivity index is 1.72. The highest BCUT2D eigenvalue weighted by molar-refractivity contribution is 5.78. The highest BCUT2D eigenvalue weighted by atomic mass is 16.3. The van der Waals surface area contributed by atoms with Gasteiger partial charge >= 0.3 is 0 Å². The van der Waals surface area contributed by atoms with Crippen molar-refractivity contribution in [1.82, 2.24) is 4.98 Å². The van der Waals surface area contributed by atoms with E-state index in [1.54, 1.807) is 0 Å². The molecule has 0 radical (unpaired) electrons. The van der Waals surface area contributed by atoms with Crippen LogP contribution in [0, 0.1) is 5.92 Å². The van der Waals surface area contributed by atoms with E-state index in [0.29, 0.717) is 5.92 Å². The third-order valence-electron chi connectivity index (χ3n) is 4.55. The van der Waals surface area contributed by atoms with E-state index >= 15 is 0 Å². The van der Waals surface area contributed by atoms with E-state index in [0.717, 1.165) is 22.9 Å². The number of aromatic nitrogens is 1. The number of hydrogen-bond donors (Lipinski definition) is 1. The maximum absolute atomic E-state index is 10.5. The van der Waals surface area contributed by atoms with Crippen molar-refractivity contribution in [2.75, 3.05) is 0 Å².